The van der Waals surface area contributed by atoms with E-state index < -0.39 is 0 Å². The molecule has 7 heteroatoms. The molecule has 0 aromatic heterocycles. The van der Waals surface area contributed by atoms with Gasteiger partial charge in [0.05, 0.1) is 11.1 Å². The second kappa shape index (κ2) is 11.5. The van der Waals surface area contributed by atoms with Crippen LogP contribution in [-0.2, 0) is 6.42 Å². The number of rotatable bonds is 8. The molecule has 1 aliphatic rings. The number of nitrogens with one attached hydrogen (secondary N) is 2. The molecule has 3 rings (SSSR count). The fourth-order valence-corrected chi connectivity index (χ4v) is 3.19. The number of hydrogen-bond donors (Lipinski definition) is 2. The molecule has 1 heterocycles. The first-order chi connectivity index (χ1) is 13.7. The van der Waals surface area contributed by atoms with Crippen LogP contribution in [0.25, 0.3) is 0 Å². The van der Waals surface area contributed by atoms with Gasteiger partial charge in [0.2, 0.25) is 0 Å². The third kappa shape index (κ3) is 6.03. The van der Waals surface area contributed by atoms with E-state index in [1.807, 2.05) is 25.1 Å². The minimum atomic E-state index is -0.229. The van der Waals surface area contributed by atoms with E-state index in [1.54, 1.807) is 24.3 Å². The highest BCUT2D eigenvalue weighted by molar-refractivity contribution is 14.0. The number of halogens is 1. The normalized spacial score (nSPS) is 13.1. The van der Waals surface area contributed by atoms with Crippen LogP contribution in [0.15, 0.2) is 59.6 Å². The van der Waals surface area contributed by atoms with Crippen molar-refractivity contribution in [1.82, 2.24) is 15.5 Å². The Bertz CT molecular complexity index is 820. The topological polar surface area (TPSA) is 73.8 Å². The largest absolute Gasteiger partial charge is 0.357 e. The highest BCUT2D eigenvalue weighted by Gasteiger charge is 2.34. The maximum atomic E-state index is 12.4. The lowest BCUT2D eigenvalue weighted by molar-refractivity contribution is 0.0657. The Labute approximate surface area is 188 Å². The van der Waals surface area contributed by atoms with Crippen molar-refractivity contribution in [3.05, 3.63) is 71.3 Å². The van der Waals surface area contributed by atoms with Crippen molar-refractivity contribution in [2.45, 2.75) is 19.8 Å². The van der Waals surface area contributed by atoms with Crippen molar-refractivity contribution in [2.75, 3.05) is 26.2 Å². The van der Waals surface area contributed by atoms with Crippen LogP contribution < -0.4 is 10.6 Å². The Balaban J connectivity index is 0.00000300. The van der Waals surface area contributed by atoms with Gasteiger partial charge in [0, 0.05) is 26.2 Å². The van der Waals surface area contributed by atoms with E-state index in [4.69, 9.17) is 0 Å². The Morgan fingerprint density at radius 1 is 0.931 bits per heavy atom. The lowest BCUT2D eigenvalue weighted by atomic mass is 10.1. The molecule has 0 unspecified atom stereocenters. The van der Waals surface area contributed by atoms with Gasteiger partial charge in [-0.15, -0.1) is 24.0 Å². The average molecular weight is 506 g/mol. The number of carbonyl (C=O) groups is 2. The molecule has 0 spiro atoms. The van der Waals surface area contributed by atoms with Gasteiger partial charge in [-0.05, 0) is 37.5 Å². The number of carbonyl (C=O) groups excluding carboxylic acids is 2. The first-order valence-corrected chi connectivity index (χ1v) is 9.72. The highest BCUT2D eigenvalue weighted by atomic mass is 127. The number of amides is 2. The Hall–Kier alpha value is -2.42. The number of aliphatic imine (C=N–C) groups is 1. The predicted octanol–water partition coefficient (Wildman–Crippen LogP) is 3.09. The van der Waals surface area contributed by atoms with Gasteiger partial charge in [-0.3, -0.25) is 19.5 Å². The van der Waals surface area contributed by atoms with Gasteiger partial charge < -0.3 is 10.6 Å². The van der Waals surface area contributed by atoms with E-state index in [0.717, 1.165) is 19.4 Å². The molecule has 6 nitrogen and oxygen atoms in total. The highest BCUT2D eigenvalue weighted by Crippen LogP contribution is 2.21. The van der Waals surface area contributed by atoms with Crippen LogP contribution in [0.5, 0.6) is 0 Å². The van der Waals surface area contributed by atoms with E-state index >= 15 is 0 Å². The van der Waals surface area contributed by atoms with Crippen molar-refractivity contribution in [2.24, 2.45) is 4.99 Å². The maximum absolute atomic E-state index is 12.4. The Kier molecular flexibility index (Phi) is 9.11. The number of aryl methyl sites for hydroxylation is 1. The molecule has 29 heavy (non-hydrogen) atoms. The summed E-state index contributed by atoms with van der Waals surface area (Å²) < 4.78 is 0. The summed E-state index contributed by atoms with van der Waals surface area (Å²) in [5, 5.41) is 6.40. The minimum absolute atomic E-state index is 0. The Morgan fingerprint density at radius 3 is 2.17 bits per heavy atom. The summed E-state index contributed by atoms with van der Waals surface area (Å²) in [4.78, 5) is 30.6. The van der Waals surface area contributed by atoms with Crippen LogP contribution in [0.3, 0.4) is 0 Å². The molecule has 2 amide bonds. The molecule has 0 atom stereocenters. The van der Waals surface area contributed by atoms with Crippen LogP contribution in [0.4, 0.5) is 0 Å². The lowest BCUT2D eigenvalue weighted by Crippen LogP contribution is -2.43. The minimum Gasteiger partial charge on any atom is -0.357 e. The number of nitrogens with zero attached hydrogens (tertiary/aromatic N) is 2. The number of guanidine groups is 1. The van der Waals surface area contributed by atoms with E-state index in [2.05, 4.69) is 27.8 Å². The van der Waals surface area contributed by atoms with Gasteiger partial charge in [-0.25, -0.2) is 0 Å². The van der Waals surface area contributed by atoms with Crippen molar-refractivity contribution in [3.8, 4) is 0 Å². The van der Waals surface area contributed by atoms with E-state index in [0.29, 0.717) is 36.7 Å². The van der Waals surface area contributed by atoms with Crippen molar-refractivity contribution < 1.29 is 9.59 Å². The van der Waals surface area contributed by atoms with Crippen LogP contribution in [0, 0.1) is 0 Å². The van der Waals surface area contributed by atoms with Crippen molar-refractivity contribution in [1.29, 1.82) is 0 Å². The van der Waals surface area contributed by atoms with Crippen LogP contribution in [-0.4, -0.2) is 48.9 Å². The van der Waals surface area contributed by atoms with Gasteiger partial charge in [-0.2, -0.15) is 0 Å². The molecule has 0 bridgehead atoms. The molecule has 2 aromatic rings. The summed E-state index contributed by atoms with van der Waals surface area (Å²) in [5.74, 6) is 0.242. The zero-order chi connectivity index (χ0) is 19.8. The van der Waals surface area contributed by atoms with Crippen molar-refractivity contribution >= 4 is 41.8 Å². The summed E-state index contributed by atoms with van der Waals surface area (Å²) in [6.07, 6.45) is 1.94. The van der Waals surface area contributed by atoms with Crippen LogP contribution >= 0.6 is 24.0 Å². The molecule has 0 aliphatic carbocycles. The quantitative estimate of drug-likeness (QED) is 0.190. The number of benzene rings is 2. The fraction of sp³-hybridized carbons (Fsp3) is 0.318. The third-order valence-corrected chi connectivity index (χ3v) is 4.59. The molecule has 2 aromatic carbocycles. The fourth-order valence-electron chi connectivity index (χ4n) is 3.19. The summed E-state index contributed by atoms with van der Waals surface area (Å²) >= 11 is 0. The third-order valence-electron chi connectivity index (χ3n) is 4.59. The smallest absolute Gasteiger partial charge is 0.261 e. The molecule has 2 N–H and O–H groups in total. The molecule has 0 saturated carbocycles. The zero-order valence-corrected chi connectivity index (χ0v) is 18.9. The summed E-state index contributed by atoms with van der Waals surface area (Å²) in [7, 11) is 0. The summed E-state index contributed by atoms with van der Waals surface area (Å²) in [6.45, 7) is 4.22. The molecule has 0 saturated heterocycles. The number of imide groups is 1. The molecule has 154 valence electrons. The molecule has 0 radical (unpaired) electrons. The zero-order valence-electron chi connectivity index (χ0n) is 16.6. The van der Waals surface area contributed by atoms with Gasteiger partial charge in [0.15, 0.2) is 5.96 Å². The lowest BCUT2D eigenvalue weighted by Gasteiger charge is -2.16. The first-order valence-electron chi connectivity index (χ1n) is 9.72. The van der Waals surface area contributed by atoms with Crippen LogP contribution in [0.2, 0.25) is 0 Å². The molecular formula is C22H27IN4O2. The summed E-state index contributed by atoms with van der Waals surface area (Å²) in [5.41, 5.74) is 2.27. The standard InChI is InChI=1S/C22H26N4O2.HI/c1-2-23-22(24-14-8-11-17-9-4-3-5-10-17)25-15-16-26-20(27)18-12-6-7-13-19(18)21(26)28;/h3-7,9-10,12-13H,2,8,11,14-16H2,1H3,(H2,23,24,25);1H. The number of hydrogen-bond acceptors (Lipinski definition) is 3. The SMILES string of the molecule is CCNC(=NCCCc1ccccc1)NCCN1C(=O)c2ccccc2C1=O.I. The Morgan fingerprint density at radius 2 is 1.55 bits per heavy atom. The number of fused-ring (bicyclic) bond motifs is 1. The monoisotopic (exact) mass is 506 g/mol. The second-order valence-electron chi connectivity index (χ2n) is 6.58. The molecular weight excluding hydrogens is 479 g/mol. The van der Waals surface area contributed by atoms with Crippen molar-refractivity contribution in [3.63, 3.8) is 0 Å². The van der Waals surface area contributed by atoms with E-state index in [9.17, 15) is 9.59 Å². The van der Waals surface area contributed by atoms with Crippen LogP contribution in [0.1, 0.15) is 39.6 Å². The van der Waals surface area contributed by atoms with Gasteiger partial charge in [0.25, 0.3) is 11.8 Å². The van der Waals surface area contributed by atoms with E-state index in [-0.39, 0.29) is 35.8 Å². The first kappa shape index (κ1) is 22.9. The van der Waals surface area contributed by atoms with Gasteiger partial charge in [0.1, 0.15) is 0 Å². The molecule has 1 aliphatic heterocycles. The second-order valence-corrected chi connectivity index (χ2v) is 6.58. The summed E-state index contributed by atoms with van der Waals surface area (Å²) in [6, 6.07) is 17.3. The maximum Gasteiger partial charge on any atom is 0.261 e. The van der Waals surface area contributed by atoms with Gasteiger partial charge >= 0.3 is 0 Å². The van der Waals surface area contributed by atoms with Gasteiger partial charge in [-0.1, -0.05) is 42.5 Å². The predicted molar refractivity (Wildman–Crippen MR) is 126 cm³/mol. The van der Waals surface area contributed by atoms with E-state index in [1.165, 1.54) is 10.5 Å². The average Bonchev–Trinajstić information content (AvgIpc) is 2.97. The molecule has 0 fully saturated rings.